The lowest BCUT2D eigenvalue weighted by Crippen LogP contribution is -2.51. The standard InChI is InChI=1S/C11H20N2O5S/c1-8(2)13(7-10(14)15)11(16)12-9-3-5-19(17,18)6-4-9/h8-9H,3-7H2,1-2H3,(H,12,16)(H,14,15). The predicted molar refractivity (Wildman–Crippen MR) is 69.7 cm³/mol. The molecule has 1 aliphatic rings. The van der Waals surface area contributed by atoms with Crippen LogP contribution < -0.4 is 5.32 Å². The van der Waals surface area contributed by atoms with Crippen molar-refractivity contribution in [3.05, 3.63) is 0 Å². The van der Waals surface area contributed by atoms with Crippen molar-refractivity contribution in [2.24, 2.45) is 0 Å². The third-order valence-electron chi connectivity index (χ3n) is 3.07. The van der Waals surface area contributed by atoms with Crippen LogP contribution in [0.2, 0.25) is 0 Å². The maximum Gasteiger partial charge on any atom is 0.323 e. The number of carboxylic acid groups (broad SMARTS) is 1. The number of hydrogen-bond acceptors (Lipinski definition) is 4. The van der Waals surface area contributed by atoms with E-state index in [4.69, 9.17) is 5.11 Å². The number of amides is 2. The minimum absolute atomic E-state index is 0.0680. The van der Waals surface area contributed by atoms with E-state index in [-0.39, 0.29) is 30.1 Å². The largest absolute Gasteiger partial charge is 0.480 e. The summed E-state index contributed by atoms with van der Waals surface area (Å²) >= 11 is 0. The summed E-state index contributed by atoms with van der Waals surface area (Å²) in [5.41, 5.74) is 0. The number of hydrogen-bond donors (Lipinski definition) is 2. The monoisotopic (exact) mass is 292 g/mol. The molecule has 2 N–H and O–H groups in total. The molecule has 0 bridgehead atoms. The second kappa shape index (κ2) is 6.23. The highest BCUT2D eigenvalue weighted by Crippen LogP contribution is 2.13. The predicted octanol–water partition coefficient (Wildman–Crippen LogP) is 0.0682. The lowest BCUT2D eigenvalue weighted by Gasteiger charge is -2.29. The van der Waals surface area contributed by atoms with E-state index in [0.717, 1.165) is 0 Å². The van der Waals surface area contributed by atoms with Crippen LogP contribution >= 0.6 is 0 Å². The Labute approximate surface area is 112 Å². The Morgan fingerprint density at radius 2 is 1.84 bits per heavy atom. The first-order valence-corrected chi connectivity index (χ1v) is 8.03. The number of sulfone groups is 1. The van der Waals surface area contributed by atoms with Crippen LogP contribution in [-0.2, 0) is 14.6 Å². The van der Waals surface area contributed by atoms with E-state index in [1.165, 1.54) is 4.90 Å². The zero-order chi connectivity index (χ0) is 14.6. The molecule has 0 spiro atoms. The fraction of sp³-hybridized carbons (Fsp3) is 0.818. The molecular formula is C11H20N2O5S. The molecule has 0 aliphatic carbocycles. The van der Waals surface area contributed by atoms with Gasteiger partial charge in [0.25, 0.3) is 0 Å². The van der Waals surface area contributed by atoms with Crippen LogP contribution in [0, 0.1) is 0 Å². The Morgan fingerprint density at radius 3 is 2.26 bits per heavy atom. The van der Waals surface area contributed by atoms with Crippen molar-refractivity contribution in [1.29, 1.82) is 0 Å². The van der Waals surface area contributed by atoms with Gasteiger partial charge in [0.05, 0.1) is 11.5 Å². The van der Waals surface area contributed by atoms with Gasteiger partial charge >= 0.3 is 12.0 Å². The van der Waals surface area contributed by atoms with Gasteiger partial charge in [-0.1, -0.05) is 0 Å². The number of carboxylic acids is 1. The van der Waals surface area contributed by atoms with Gasteiger partial charge in [-0.3, -0.25) is 4.79 Å². The van der Waals surface area contributed by atoms with Crippen molar-refractivity contribution in [2.75, 3.05) is 18.1 Å². The molecule has 8 heteroatoms. The molecule has 0 aromatic heterocycles. The third kappa shape index (κ3) is 5.06. The molecule has 0 aromatic rings. The van der Waals surface area contributed by atoms with Crippen LogP contribution in [0.5, 0.6) is 0 Å². The second-order valence-electron chi connectivity index (χ2n) is 4.99. The van der Waals surface area contributed by atoms with Crippen molar-refractivity contribution >= 4 is 21.8 Å². The van der Waals surface area contributed by atoms with Crippen LogP contribution in [0.25, 0.3) is 0 Å². The molecule has 0 saturated carbocycles. The molecule has 1 fully saturated rings. The van der Waals surface area contributed by atoms with Gasteiger partial charge in [0, 0.05) is 12.1 Å². The number of urea groups is 1. The summed E-state index contributed by atoms with van der Waals surface area (Å²) in [6, 6.07) is -0.892. The molecule has 0 aromatic carbocycles. The Hall–Kier alpha value is -1.31. The first kappa shape index (κ1) is 15.7. The number of nitrogens with zero attached hydrogens (tertiary/aromatic N) is 1. The van der Waals surface area contributed by atoms with Crippen LogP contribution in [0.4, 0.5) is 4.79 Å². The van der Waals surface area contributed by atoms with E-state index in [1.54, 1.807) is 13.8 Å². The van der Waals surface area contributed by atoms with Gasteiger partial charge in [0.2, 0.25) is 0 Å². The second-order valence-corrected chi connectivity index (χ2v) is 7.29. The zero-order valence-electron chi connectivity index (χ0n) is 11.1. The smallest absolute Gasteiger partial charge is 0.323 e. The Balaban J connectivity index is 2.55. The van der Waals surface area contributed by atoms with Crippen molar-refractivity contribution in [3.8, 4) is 0 Å². The van der Waals surface area contributed by atoms with E-state index >= 15 is 0 Å². The van der Waals surface area contributed by atoms with E-state index in [1.807, 2.05) is 0 Å². The minimum Gasteiger partial charge on any atom is -0.480 e. The highest BCUT2D eigenvalue weighted by Gasteiger charge is 2.27. The zero-order valence-corrected chi connectivity index (χ0v) is 11.9. The fourth-order valence-corrected chi connectivity index (χ4v) is 3.42. The topological polar surface area (TPSA) is 104 Å². The molecular weight excluding hydrogens is 272 g/mol. The highest BCUT2D eigenvalue weighted by molar-refractivity contribution is 7.91. The van der Waals surface area contributed by atoms with E-state index < -0.39 is 21.8 Å². The minimum atomic E-state index is -2.97. The van der Waals surface area contributed by atoms with Gasteiger partial charge in [-0.15, -0.1) is 0 Å². The molecule has 1 saturated heterocycles. The highest BCUT2D eigenvalue weighted by atomic mass is 32.2. The van der Waals surface area contributed by atoms with Crippen LogP contribution in [-0.4, -0.2) is 60.6 Å². The quantitative estimate of drug-likeness (QED) is 0.763. The molecule has 7 nitrogen and oxygen atoms in total. The number of carbonyl (C=O) groups excluding carboxylic acids is 1. The Bertz CT molecular complexity index is 432. The summed E-state index contributed by atoms with van der Waals surface area (Å²) in [6.07, 6.45) is 0.764. The van der Waals surface area contributed by atoms with Gasteiger partial charge in [-0.05, 0) is 26.7 Å². The number of nitrogens with one attached hydrogen (secondary N) is 1. The number of carbonyl (C=O) groups is 2. The summed E-state index contributed by atoms with van der Waals surface area (Å²) in [5, 5.41) is 11.5. The summed E-state index contributed by atoms with van der Waals surface area (Å²) in [4.78, 5) is 23.9. The fourth-order valence-electron chi connectivity index (χ4n) is 1.93. The molecule has 19 heavy (non-hydrogen) atoms. The van der Waals surface area contributed by atoms with Crippen LogP contribution in [0.3, 0.4) is 0 Å². The Kier molecular flexibility index (Phi) is 5.16. The summed E-state index contributed by atoms with van der Waals surface area (Å²) in [7, 11) is -2.97. The molecule has 0 atom stereocenters. The molecule has 1 heterocycles. The first-order valence-electron chi connectivity index (χ1n) is 6.20. The average molecular weight is 292 g/mol. The molecule has 2 amide bonds. The van der Waals surface area contributed by atoms with Crippen molar-refractivity contribution in [3.63, 3.8) is 0 Å². The number of rotatable bonds is 4. The van der Waals surface area contributed by atoms with Crippen molar-refractivity contribution in [2.45, 2.75) is 38.8 Å². The maximum atomic E-state index is 12.0. The SMILES string of the molecule is CC(C)N(CC(=O)O)C(=O)NC1CCS(=O)(=O)CC1. The van der Waals surface area contributed by atoms with Crippen LogP contribution in [0.1, 0.15) is 26.7 Å². The first-order chi connectivity index (χ1) is 8.71. The van der Waals surface area contributed by atoms with E-state index in [9.17, 15) is 18.0 Å². The molecule has 1 rings (SSSR count). The van der Waals surface area contributed by atoms with Gasteiger partial charge in [0.1, 0.15) is 16.4 Å². The summed E-state index contributed by atoms with van der Waals surface area (Å²) < 4.78 is 22.5. The van der Waals surface area contributed by atoms with Gasteiger partial charge in [0.15, 0.2) is 0 Å². The van der Waals surface area contributed by atoms with Gasteiger partial charge in [-0.25, -0.2) is 13.2 Å². The van der Waals surface area contributed by atoms with Gasteiger partial charge in [-0.2, -0.15) is 0 Å². The van der Waals surface area contributed by atoms with E-state index in [0.29, 0.717) is 12.8 Å². The van der Waals surface area contributed by atoms with Crippen LogP contribution in [0.15, 0.2) is 0 Å². The molecule has 0 unspecified atom stereocenters. The lowest BCUT2D eigenvalue weighted by atomic mass is 10.1. The molecule has 0 radical (unpaired) electrons. The van der Waals surface area contributed by atoms with Crippen molar-refractivity contribution in [1.82, 2.24) is 10.2 Å². The third-order valence-corrected chi connectivity index (χ3v) is 4.79. The Morgan fingerprint density at radius 1 is 1.32 bits per heavy atom. The van der Waals surface area contributed by atoms with Crippen molar-refractivity contribution < 1.29 is 23.1 Å². The average Bonchev–Trinajstić information content (AvgIpc) is 2.28. The summed E-state index contributed by atoms with van der Waals surface area (Å²) in [6.45, 7) is 3.09. The maximum absolute atomic E-state index is 12.0. The number of aliphatic carboxylic acids is 1. The summed E-state index contributed by atoms with van der Waals surface area (Å²) in [5.74, 6) is -0.938. The molecule has 1 aliphatic heterocycles. The van der Waals surface area contributed by atoms with Gasteiger partial charge < -0.3 is 15.3 Å². The molecule has 110 valence electrons. The lowest BCUT2D eigenvalue weighted by molar-refractivity contribution is -0.138. The normalized spacial score (nSPS) is 19.1. The van der Waals surface area contributed by atoms with E-state index in [2.05, 4.69) is 5.32 Å².